The van der Waals surface area contributed by atoms with E-state index in [2.05, 4.69) is 4.74 Å². The molecule has 126 valence electrons. The molecule has 1 N–H and O–H groups in total. The molecule has 1 aromatic heterocycles. The predicted octanol–water partition coefficient (Wildman–Crippen LogP) is 0.994. The second-order valence-electron chi connectivity index (χ2n) is 5.39. The van der Waals surface area contributed by atoms with Crippen LogP contribution in [0.1, 0.15) is 25.7 Å². The second-order valence-corrected chi connectivity index (χ2v) is 5.39. The van der Waals surface area contributed by atoms with E-state index in [4.69, 9.17) is 9.15 Å². The lowest BCUT2D eigenvalue weighted by atomic mass is 10.0. The Hall–Kier alpha value is -2.46. The minimum absolute atomic E-state index is 0.169. The van der Waals surface area contributed by atoms with Crippen LogP contribution < -0.4 is 0 Å². The number of amides is 1. The van der Waals surface area contributed by atoms with Crippen LogP contribution in [0.25, 0.3) is 0 Å². The monoisotopic (exact) mass is 328 g/mol. The molecule has 10 heteroatoms. The molecule has 1 aliphatic rings. The SMILES string of the molecule is COC(=O)N1CC(=O)[C@H]([C@@H](O)c2ccc([N+](=O)[O-])o2)OC1(C)C. The van der Waals surface area contributed by atoms with Crippen molar-refractivity contribution < 1.29 is 33.5 Å². The largest absolute Gasteiger partial charge is 0.453 e. The zero-order valence-electron chi connectivity index (χ0n) is 12.7. The maximum absolute atomic E-state index is 12.2. The van der Waals surface area contributed by atoms with Gasteiger partial charge in [0.2, 0.25) is 0 Å². The van der Waals surface area contributed by atoms with Gasteiger partial charge < -0.3 is 19.0 Å². The number of nitro groups is 1. The van der Waals surface area contributed by atoms with Crippen LogP contribution in [-0.4, -0.2) is 52.3 Å². The van der Waals surface area contributed by atoms with Gasteiger partial charge in [-0.3, -0.25) is 19.8 Å². The van der Waals surface area contributed by atoms with Crippen LogP contribution in [-0.2, 0) is 14.3 Å². The number of aliphatic hydroxyl groups excluding tert-OH is 1. The van der Waals surface area contributed by atoms with Gasteiger partial charge in [-0.05, 0) is 19.9 Å². The van der Waals surface area contributed by atoms with Crippen LogP contribution in [0.15, 0.2) is 16.5 Å². The molecular weight excluding hydrogens is 312 g/mol. The van der Waals surface area contributed by atoms with Gasteiger partial charge in [0.25, 0.3) is 0 Å². The molecule has 1 fully saturated rings. The van der Waals surface area contributed by atoms with Crippen molar-refractivity contribution in [2.24, 2.45) is 0 Å². The number of furan rings is 1. The van der Waals surface area contributed by atoms with E-state index in [-0.39, 0.29) is 12.3 Å². The zero-order chi connectivity index (χ0) is 17.4. The van der Waals surface area contributed by atoms with E-state index in [1.807, 2.05) is 0 Å². The molecule has 0 unspecified atom stereocenters. The Balaban J connectivity index is 2.21. The molecule has 2 atom stereocenters. The predicted molar refractivity (Wildman–Crippen MR) is 73.4 cm³/mol. The highest BCUT2D eigenvalue weighted by molar-refractivity contribution is 5.89. The fraction of sp³-hybridized carbons (Fsp3) is 0.538. The molecule has 0 aliphatic carbocycles. The summed E-state index contributed by atoms with van der Waals surface area (Å²) in [5.74, 6) is -1.31. The minimum Gasteiger partial charge on any atom is -0.453 e. The fourth-order valence-electron chi connectivity index (χ4n) is 2.26. The molecule has 1 aliphatic heterocycles. The van der Waals surface area contributed by atoms with Crippen molar-refractivity contribution in [1.82, 2.24) is 4.90 Å². The van der Waals surface area contributed by atoms with E-state index < -0.39 is 40.6 Å². The van der Waals surface area contributed by atoms with E-state index in [1.165, 1.54) is 27.0 Å². The van der Waals surface area contributed by atoms with Crippen molar-refractivity contribution in [2.75, 3.05) is 13.7 Å². The molecule has 1 amide bonds. The van der Waals surface area contributed by atoms with Crippen LogP contribution in [0.3, 0.4) is 0 Å². The molecule has 1 saturated heterocycles. The Morgan fingerprint density at radius 3 is 2.74 bits per heavy atom. The maximum atomic E-state index is 12.2. The number of carbonyl (C=O) groups is 2. The average molecular weight is 328 g/mol. The number of rotatable bonds is 3. The van der Waals surface area contributed by atoms with Crippen LogP contribution >= 0.6 is 0 Å². The van der Waals surface area contributed by atoms with Crippen LogP contribution in [0.5, 0.6) is 0 Å². The number of methoxy groups -OCH3 is 1. The van der Waals surface area contributed by atoms with Crippen molar-refractivity contribution in [3.05, 3.63) is 28.0 Å². The van der Waals surface area contributed by atoms with Crippen molar-refractivity contribution in [2.45, 2.75) is 31.8 Å². The number of aliphatic hydroxyl groups is 1. The van der Waals surface area contributed by atoms with Gasteiger partial charge in [0.15, 0.2) is 11.9 Å². The fourth-order valence-corrected chi connectivity index (χ4v) is 2.26. The number of Topliss-reactive ketones (excluding diaryl/α,β-unsaturated/α-hetero) is 1. The smallest absolute Gasteiger partial charge is 0.433 e. The highest BCUT2D eigenvalue weighted by Crippen LogP contribution is 2.32. The first-order valence-corrected chi connectivity index (χ1v) is 6.65. The average Bonchev–Trinajstić information content (AvgIpc) is 2.97. The third kappa shape index (κ3) is 3.17. The van der Waals surface area contributed by atoms with E-state index in [1.54, 1.807) is 0 Å². The summed E-state index contributed by atoms with van der Waals surface area (Å²) in [6, 6.07) is 2.26. The van der Waals surface area contributed by atoms with Crippen molar-refractivity contribution in [1.29, 1.82) is 0 Å². The molecule has 0 radical (unpaired) electrons. The standard InChI is InChI=1S/C13H16N2O8/c1-13(2)14(12(18)21-3)6-7(16)11(23-13)10(17)8-4-5-9(22-8)15(19)20/h4-5,10-11,17H,6H2,1-3H3/t10-,11+/m0/s1. The third-order valence-electron chi connectivity index (χ3n) is 3.46. The number of ketones is 1. The molecule has 23 heavy (non-hydrogen) atoms. The minimum atomic E-state index is -1.53. The Morgan fingerprint density at radius 1 is 1.57 bits per heavy atom. The van der Waals surface area contributed by atoms with Gasteiger partial charge in [-0.15, -0.1) is 0 Å². The second kappa shape index (κ2) is 5.97. The zero-order valence-corrected chi connectivity index (χ0v) is 12.7. The van der Waals surface area contributed by atoms with Crippen molar-refractivity contribution in [3.63, 3.8) is 0 Å². The first-order valence-electron chi connectivity index (χ1n) is 6.65. The van der Waals surface area contributed by atoms with E-state index in [0.717, 1.165) is 11.0 Å². The van der Waals surface area contributed by atoms with E-state index in [9.17, 15) is 24.8 Å². The summed E-state index contributed by atoms with van der Waals surface area (Å²) < 4.78 is 15.0. The number of carbonyl (C=O) groups excluding carboxylic acids is 2. The number of ether oxygens (including phenoxy) is 2. The molecule has 2 rings (SSSR count). The summed E-state index contributed by atoms with van der Waals surface area (Å²) in [6.45, 7) is 2.73. The normalized spacial score (nSPS) is 21.8. The van der Waals surface area contributed by atoms with Gasteiger partial charge in [0.1, 0.15) is 22.5 Å². The van der Waals surface area contributed by atoms with Gasteiger partial charge in [-0.25, -0.2) is 4.79 Å². The van der Waals surface area contributed by atoms with Gasteiger partial charge in [0, 0.05) is 0 Å². The Morgan fingerprint density at radius 2 is 2.22 bits per heavy atom. The Labute approximate surface area is 130 Å². The van der Waals surface area contributed by atoms with Gasteiger partial charge >= 0.3 is 12.0 Å². The van der Waals surface area contributed by atoms with Crippen molar-refractivity contribution >= 4 is 17.8 Å². The molecule has 10 nitrogen and oxygen atoms in total. The molecule has 0 spiro atoms. The topological polar surface area (TPSA) is 132 Å². The summed E-state index contributed by atoms with van der Waals surface area (Å²) in [5.41, 5.74) is -1.22. The first kappa shape index (κ1) is 16.9. The lowest BCUT2D eigenvalue weighted by Gasteiger charge is -2.44. The summed E-state index contributed by atoms with van der Waals surface area (Å²) in [7, 11) is 1.17. The van der Waals surface area contributed by atoms with Gasteiger partial charge in [0.05, 0.1) is 19.7 Å². The van der Waals surface area contributed by atoms with Gasteiger partial charge in [-0.1, -0.05) is 0 Å². The number of hydrogen-bond donors (Lipinski definition) is 1. The van der Waals surface area contributed by atoms with E-state index in [0.29, 0.717) is 0 Å². The maximum Gasteiger partial charge on any atom is 0.433 e. The summed E-state index contributed by atoms with van der Waals surface area (Å²) >= 11 is 0. The summed E-state index contributed by atoms with van der Waals surface area (Å²) in [5, 5.41) is 20.8. The van der Waals surface area contributed by atoms with Crippen LogP contribution in [0, 0.1) is 10.1 Å². The lowest BCUT2D eigenvalue weighted by Crippen LogP contribution is -2.61. The van der Waals surface area contributed by atoms with Crippen LogP contribution in [0.2, 0.25) is 0 Å². The Kier molecular flexibility index (Phi) is 4.39. The van der Waals surface area contributed by atoms with Crippen LogP contribution in [0.4, 0.5) is 10.7 Å². The van der Waals surface area contributed by atoms with Gasteiger partial charge in [-0.2, -0.15) is 0 Å². The Bertz CT molecular complexity index is 638. The number of nitrogens with zero attached hydrogens (tertiary/aromatic N) is 2. The molecule has 1 aromatic rings. The molecular formula is C13H16N2O8. The third-order valence-corrected chi connectivity index (χ3v) is 3.46. The summed E-state index contributed by atoms with van der Waals surface area (Å²) in [6.07, 6.45) is -3.60. The number of hydrogen-bond acceptors (Lipinski definition) is 8. The quantitative estimate of drug-likeness (QED) is 0.641. The highest BCUT2D eigenvalue weighted by Gasteiger charge is 2.47. The van der Waals surface area contributed by atoms with Crippen molar-refractivity contribution in [3.8, 4) is 0 Å². The molecule has 0 aromatic carbocycles. The molecule has 0 bridgehead atoms. The molecule has 2 heterocycles. The van der Waals surface area contributed by atoms with E-state index >= 15 is 0 Å². The first-order chi connectivity index (χ1) is 10.7. The highest BCUT2D eigenvalue weighted by atomic mass is 16.6. The summed E-state index contributed by atoms with van der Waals surface area (Å²) in [4.78, 5) is 34.7. The lowest BCUT2D eigenvalue weighted by molar-refractivity contribution is -0.402. The molecule has 0 saturated carbocycles.